The summed E-state index contributed by atoms with van der Waals surface area (Å²) in [5, 5.41) is 13.7. The minimum atomic E-state index is -0.443. The predicted molar refractivity (Wildman–Crippen MR) is 87.9 cm³/mol. The summed E-state index contributed by atoms with van der Waals surface area (Å²) in [7, 11) is 0. The van der Waals surface area contributed by atoms with E-state index in [0.29, 0.717) is 23.4 Å². The summed E-state index contributed by atoms with van der Waals surface area (Å²) in [6, 6.07) is 4.47. The fourth-order valence-electron chi connectivity index (χ4n) is 2.53. The van der Waals surface area contributed by atoms with Gasteiger partial charge in [0.15, 0.2) is 0 Å². The van der Waals surface area contributed by atoms with Crippen molar-refractivity contribution in [3.8, 4) is 0 Å². The number of nitrogens with one attached hydrogen (secondary N) is 2. The number of amides is 1. The third-order valence-electron chi connectivity index (χ3n) is 3.93. The third-order valence-corrected chi connectivity index (χ3v) is 3.93. The van der Waals surface area contributed by atoms with Crippen LogP contribution >= 0.6 is 0 Å². The molecule has 0 aliphatic rings. The van der Waals surface area contributed by atoms with Crippen molar-refractivity contribution in [2.24, 2.45) is 5.92 Å². The van der Waals surface area contributed by atoms with E-state index in [2.05, 4.69) is 22.2 Å². The summed E-state index contributed by atoms with van der Waals surface area (Å²) in [4.78, 5) is 29.9. The summed E-state index contributed by atoms with van der Waals surface area (Å²) < 4.78 is 0. The maximum Gasteiger partial charge on any atom is 0.271 e. The second-order valence-electron chi connectivity index (χ2n) is 5.61. The summed E-state index contributed by atoms with van der Waals surface area (Å²) in [5.74, 6) is 0.659. The van der Waals surface area contributed by atoms with Crippen LogP contribution in [-0.2, 0) is 11.3 Å². The Morgan fingerprint density at radius 3 is 2.87 bits per heavy atom. The lowest BCUT2D eigenvalue weighted by molar-refractivity contribution is -0.384. The van der Waals surface area contributed by atoms with Crippen LogP contribution in [0.2, 0.25) is 0 Å². The largest absolute Gasteiger partial charge is 0.349 e. The van der Waals surface area contributed by atoms with E-state index in [0.717, 1.165) is 25.7 Å². The highest BCUT2D eigenvalue weighted by atomic mass is 16.6. The Hall–Kier alpha value is -2.44. The molecule has 0 aliphatic heterocycles. The van der Waals surface area contributed by atoms with E-state index in [-0.39, 0.29) is 17.5 Å². The summed E-state index contributed by atoms with van der Waals surface area (Å²) >= 11 is 0. The fourth-order valence-corrected chi connectivity index (χ4v) is 2.53. The van der Waals surface area contributed by atoms with E-state index in [1.165, 1.54) is 12.1 Å². The monoisotopic (exact) mass is 318 g/mol. The van der Waals surface area contributed by atoms with Crippen molar-refractivity contribution in [2.75, 3.05) is 0 Å². The van der Waals surface area contributed by atoms with Gasteiger partial charge in [0.2, 0.25) is 5.91 Å². The molecule has 1 heterocycles. The molecule has 0 saturated heterocycles. The van der Waals surface area contributed by atoms with Gasteiger partial charge in [0.05, 0.1) is 22.5 Å². The molecular weight excluding hydrogens is 296 g/mol. The number of fused-ring (bicyclic) bond motifs is 1. The zero-order valence-electron chi connectivity index (χ0n) is 13.5. The third kappa shape index (κ3) is 4.28. The molecule has 0 saturated carbocycles. The number of non-ortho nitro benzene ring substituents is 1. The lowest BCUT2D eigenvalue weighted by Gasteiger charge is -2.13. The van der Waals surface area contributed by atoms with Crippen LogP contribution in [0, 0.1) is 16.0 Å². The zero-order valence-corrected chi connectivity index (χ0v) is 13.5. The number of aromatic amines is 1. The molecule has 7 heteroatoms. The fraction of sp³-hybridized carbons (Fsp3) is 0.500. The molecule has 7 nitrogen and oxygen atoms in total. The van der Waals surface area contributed by atoms with Gasteiger partial charge < -0.3 is 10.3 Å². The number of aromatic nitrogens is 2. The molecule has 2 aromatic rings. The van der Waals surface area contributed by atoms with Gasteiger partial charge in [-0.25, -0.2) is 4.98 Å². The van der Waals surface area contributed by atoms with Crippen LogP contribution in [-0.4, -0.2) is 20.8 Å². The topological polar surface area (TPSA) is 101 Å². The lowest BCUT2D eigenvalue weighted by atomic mass is 9.98. The number of carbonyl (C=O) groups is 1. The standard InChI is InChI=1S/C16H22N4O3/c1-3-5-6-11(4-2)16(21)17-10-15-18-13-8-7-12(20(22)23)9-14(13)19-15/h7-9,11H,3-6,10H2,1-2H3,(H,17,21)(H,18,19). The predicted octanol–water partition coefficient (Wildman–Crippen LogP) is 3.30. The Morgan fingerprint density at radius 2 is 2.22 bits per heavy atom. The van der Waals surface area contributed by atoms with Gasteiger partial charge in [0, 0.05) is 18.1 Å². The maximum atomic E-state index is 12.2. The summed E-state index contributed by atoms with van der Waals surface area (Å²) in [6.45, 7) is 4.42. The molecule has 0 aliphatic carbocycles. The number of imidazole rings is 1. The van der Waals surface area contributed by atoms with E-state index >= 15 is 0 Å². The molecule has 0 bridgehead atoms. The molecule has 1 unspecified atom stereocenters. The molecule has 23 heavy (non-hydrogen) atoms. The van der Waals surface area contributed by atoms with Crippen LogP contribution in [0.4, 0.5) is 5.69 Å². The van der Waals surface area contributed by atoms with Crippen LogP contribution in [0.15, 0.2) is 18.2 Å². The van der Waals surface area contributed by atoms with Crippen molar-refractivity contribution in [3.63, 3.8) is 0 Å². The van der Waals surface area contributed by atoms with Gasteiger partial charge in [0.25, 0.3) is 5.69 Å². The summed E-state index contributed by atoms with van der Waals surface area (Å²) in [5.41, 5.74) is 1.27. The number of benzene rings is 1. The van der Waals surface area contributed by atoms with Gasteiger partial charge in [-0.3, -0.25) is 14.9 Å². The van der Waals surface area contributed by atoms with Crippen LogP contribution in [0.25, 0.3) is 11.0 Å². The molecule has 1 amide bonds. The van der Waals surface area contributed by atoms with E-state index in [1.807, 2.05) is 6.92 Å². The average Bonchev–Trinajstić information content (AvgIpc) is 2.95. The molecule has 1 atom stereocenters. The van der Waals surface area contributed by atoms with Gasteiger partial charge >= 0.3 is 0 Å². The number of rotatable bonds is 8. The first-order valence-corrected chi connectivity index (χ1v) is 7.95. The van der Waals surface area contributed by atoms with Gasteiger partial charge in [-0.05, 0) is 18.9 Å². The number of nitro benzene ring substituents is 1. The normalized spacial score (nSPS) is 12.3. The second kappa shape index (κ2) is 7.71. The molecule has 0 fully saturated rings. The minimum Gasteiger partial charge on any atom is -0.349 e. The highest BCUT2D eigenvalue weighted by Crippen LogP contribution is 2.19. The first-order valence-electron chi connectivity index (χ1n) is 7.95. The van der Waals surface area contributed by atoms with E-state index in [9.17, 15) is 14.9 Å². The number of nitrogens with zero attached hydrogens (tertiary/aromatic N) is 2. The first kappa shape index (κ1) is 16.9. The molecule has 1 aromatic carbocycles. The van der Waals surface area contributed by atoms with Gasteiger partial charge in [-0.1, -0.05) is 26.7 Å². The number of carbonyl (C=O) groups excluding carboxylic acids is 1. The number of unbranched alkanes of at least 4 members (excludes halogenated alkanes) is 1. The zero-order chi connectivity index (χ0) is 16.8. The van der Waals surface area contributed by atoms with Crippen LogP contribution in [0.1, 0.15) is 45.4 Å². The molecule has 2 rings (SSSR count). The van der Waals surface area contributed by atoms with E-state index in [4.69, 9.17) is 0 Å². The molecule has 0 radical (unpaired) electrons. The smallest absolute Gasteiger partial charge is 0.271 e. The Bertz CT molecular complexity index is 696. The Balaban J connectivity index is 2.01. The second-order valence-corrected chi connectivity index (χ2v) is 5.61. The van der Waals surface area contributed by atoms with Crippen molar-refractivity contribution >= 4 is 22.6 Å². The quantitative estimate of drug-likeness (QED) is 0.576. The number of H-pyrrole nitrogens is 1. The molecule has 0 spiro atoms. The van der Waals surface area contributed by atoms with Crippen molar-refractivity contribution in [2.45, 2.75) is 46.1 Å². The molecule has 1 aromatic heterocycles. The highest BCUT2D eigenvalue weighted by Gasteiger charge is 2.16. The Morgan fingerprint density at radius 1 is 1.43 bits per heavy atom. The SMILES string of the molecule is CCCCC(CC)C(=O)NCc1nc2ccc([N+](=O)[O-])cc2[nH]1. The Kier molecular flexibility index (Phi) is 5.67. The van der Waals surface area contributed by atoms with Gasteiger partial charge in [0.1, 0.15) is 5.82 Å². The number of hydrogen-bond donors (Lipinski definition) is 2. The van der Waals surface area contributed by atoms with Gasteiger partial charge in [-0.2, -0.15) is 0 Å². The first-order chi connectivity index (χ1) is 11.0. The number of hydrogen-bond acceptors (Lipinski definition) is 4. The van der Waals surface area contributed by atoms with Crippen molar-refractivity contribution < 1.29 is 9.72 Å². The molecular formula is C16H22N4O3. The van der Waals surface area contributed by atoms with Crippen molar-refractivity contribution in [1.29, 1.82) is 0 Å². The lowest BCUT2D eigenvalue weighted by Crippen LogP contribution is -2.30. The van der Waals surface area contributed by atoms with Gasteiger partial charge in [-0.15, -0.1) is 0 Å². The average molecular weight is 318 g/mol. The molecule has 124 valence electrons. The van der Waals surface area contributed by atoms with Crippen molar-refractivity contribution in [3.05, 3.63) is 34.1 Å². The molecule has 2 N–H and O–H groups in total. The van der Waals surface area contributed by atoms with Crippen LogP contribution in [0.5, 0.6) is 0 Å². The van der Waals surface area contributed by atoms with E-state index in [1.54, 1.807) is 6.07 Å². The van der Waals surface area contributed by atoms with Crippen LogP contribution < -0.4 is 5.32 Å². The minimum absolute atomic E-state index is 0.0161. The highest BCUT2D eigenvalue weighted by molar-refractivity contribution is 5.79. The number of nitro groups is 1. The summed E-state index contributed by atoms with van der Waals surface area (Å²) in [6.07, 6.45) is 3.83. The van der Waals surface area contributed by atoms with E-state index < -0.39 is 4.92 Å². The Labute approximate surface area is 134 Å². The van der Waals surface area contributed by atoms with Crippen LogP contribution in [0.3, 0.4) is 0 Å². The van der Waals surface area contributed by atoms with Crippen molar-refractivity contribution in [1.82, 2.24) is 15.3 Å². The maximum absolute atomic E-state index is 12.2.